The van der Waals surface area contributed by atoms with Gasteiger partial charge in [0, 0.05) is 19.3 Å². The minimum Gasteiger partial charge on any atom is -0.372 e. The van der Waals surface area contributed by atoms with Gasteiger partial charge in [-0.05, 0) is 23.6 Å². The molecular weight excluding hydrogens is 201 g/mol. The van der Waals surface area contributed by atoms with Gasteiger partial charge in [0.2, 0.25) is 0 Å². The van der Waals surface area contributed by atoms with E-state index < -0.39 is 0 Å². The van der Waals surface area contributed by atoms with Crippen LogP contribution in [0, 0.1) is 0 Å². The molecule has 0 saturated heterocycles. The Kier molecular flexibility index (Phi) is 7.61. The molecule has 0 amide bonds. The summed E-state index contributed by atoms with van der Waals surface area (Å²) in [5.41, 5.74) is 2.40. The SMILES string of the molecule is CC.CC(C)c1ccc(N(C)CCF)cc1. The quantitative estimate of drug-likeness (QED) is 0.740. The lowest BCUT2D eigenvalue weighted by atomic mass is 10.0. The lowest BCUT2D eigenvalue weighted by molar-refractivity contribution is 0.497. The molecule has 2 heteroatoms. The van der Waals surface area contributed by atoms with Crippen molar-refractivity contribution in [1.82, 2.24) is 0 Å². The minimum absolute atomic E-state index is 0.303. The Morgan fingerprint density at radius 1 is 1.12 bits per heavy atom. The zero-order valence-electron chi connectivity index (χ0n) is 11.1. The molecule has 0 bridgehead atoms. The number of hydrogen-bond acceptors (Lipinski definition) is 1. The first-order valence-electron chi connectivity index (χ1n) is 6.02. The van der Waals surface area contributed by atoms with Gasteiger partial charge in [0.05, 0.1) is 0 Å². The molecular formula is C14H24FN. The topological polar surface area (TPSA) is 3.24 Å². The lowest BCUT2D eigenvalue weighted by Crippen LogP contribution is -2.19. The van der Waals surface area contributed by atoms with E-state index in [9.17, 15) is 4.39 Å². The van der Waals surface area contributed by atoms with E-state index in [0.29, 0.717) is 12.5 Å². The Morgan fingerprint density at radius 3 is 2.00 bits per heavy atom. The summed E-state index contributed by atoms with van der Waals surface area (Å²) in [4.78, 5) is 1.92. The van der Waals surface area contributed by atoms with Crippen molar-refractivity contribution >= 4 is 5.69 Å². The molecule has 0 aliphatic carbocycles. The maximum absolute atomic E-state index is 12.1. The van der Waals surface area contributed by atoms with E-state index in [2.05, 4.69) is 26.0 Å². The molecule has 0 aliphatic rings. The Bertz CT molecular complexity index is 267. The molecule has 0 radical (unpaired) electrons. The van der Waals surface area contributed by atoms with Crippen LogP contribution in [0.3, 0.4) is 0 Å². The highest BCUT2D eigenvalue weighted by molar-refractivity contribution is 5.47. The summed E-state index contributed by atoms with van der Waals surface area (Å²) in [5.74, 6) is 0.551. The maximum Gasteiger partial charge on any atom is 0.107 e. The molecule has 92 valence electrons. The fraction of sp³-hybridized carbons (Fsp3) is 0.571. The van der Waals surface area contributed by atoms with E-state index in [-0.39, 0.29) is 6.67 Å². The average Bonchev–Trinajstić information content (AvgIpc) is 2.32. The van der Waals surface area contributed by atoms with E-state index in [1.807, 2.05) is 37.9 Å². The second-order valence-electron chi connectivity index (χ2n) is 3.86. The monoisotopic (exact) mass is 225 g/mol. The zero-order valence-corrected chi connectivity index (χ0v) is 11.1. The third kappa shape index (κ3) is 4.65. The van der Waals surface area contributed by atoms with Crippen molar-refractivity contribution < 1.29 is 4.39 Å². The predicted octanol–water partition coefficient (Wildman–Crippen LogP) is 4.24. The summed E-state index contributed by atoms with van der Waals surface area (Å²) in [5, 5.41) is 0. The highest BCUT2D eigenvalue weighted by atomic mass is 19.1. The molecule has 0 atom stereocenters. The van der Waals surface area contributed by atoms with Crippen molar-refractivity contribution in [1.29, 1.82) is 0 Å². The van der Waals surface area contributed by atoms with Crippen molar-refractivity contribution in [3.05, 3.63) is 29.8 Å². The third-order valence-corrected chi connectivity index (χ3v) is 2.42. The lowest BCUT2D eigenvalue weighted by Gasteiger charge is -2.18. The fourth-order valence-corrected chi connectivity index (χ4v) is 1.37. The summed E-state index contributed by atoms with van der Waals surface area (Å²) >= 11 is 0. The van der Waals surface area contributed by atoms with Crippen LogP contribution in [0.2, 0.25) is 0 Å². The molecule has 0 unspecified atom stereocenters. The number of halogens is 1. The van der Waals surface area contributed by atoms with Gasteiger partial charge in [0.1, 0.15) is 6.67 Å². The van der Waals surface area contributed by atoms with Gasteiger partial charge in [0.15, 0.2) is 0 Å². The van der Waals surface area contributed by atoms with E-state index in [4.69, 9.17) is 0 Å². The second kappa shape index (κ2) is 8.14. The predicted molar refractivity (Wildman–Crippen MR) is 71.1 cm³/mol. The number of anilines is 1. The molecule has 0 aromatic heterocycles. The van der Waals surface area contributed by atoms with Crippen molar-refractivity contribution in [2.45, 2.75) is 33.6 Å². The van der Waals surface area contributed by atoms with Gasteiger partial charge >= 0.3 is 0 Å². The maximum atomic E-state index is 12.1. The van der Waals surface area contributed by atoms with Gasteiger partial charge in [0.25, 0.3) is 0 Å². The second-order valence-corrected chi connectivity index (χ2v) is 3.86. The molecule has 0 heterocycles. The first kappa shape index (κ1) is 14.9. The highest BCUT2D eigenvalue weighted by Gasteiger charge is 2.01. The molecule has 1 rings (SSSR count). The van der Waals surface area contributed by atoms with Crippen LogP contribution in [-0.4, -0.2) is 20.3 Å². The summed E-state index contributed by atoms with van der Waals surface area (Å²) in [6.07, 6.45) is 0. The molecule has 1 aromatic carbocycles. The van der Waals surface area contributed by atoms with Gasteiger partial charge in [-0.15, -0.1) is 0 Å². The normalized spacial score (nSPS) is 9.69. The molecule has 0 saturated carbocycles. The summed E-state index contributed by atoms with van der Waals surface area (Å²) in [6, 6.07) is 8.31. The van der Waals surface area contributed by atoms with Gasteiger partial charge < -0.3 is 4.90 Å². The standard InChI is InChI=1S/C12H18FN.C2H6/c1-10(2)11-4-6-12(7-5-11)14(3)9-8-13;1-2/h4-7,10H,8-9H2,1-3H3;1-2H3. The number of hydrogen-bond donors (Lipinski definition) is 0. The molecule has 0 fully saturated rings. The van der Waals surface area contributed by atoms with Gasteiger partial charge in [-0.3, -0.25) is 0 Å². The number of rotatable bonds is 4. The average molecular weight is 225 g/mol. The molecule has 1 aromatic rings. The Balaban J connectivity index is 0.00000106. The van der Waals surface area contributed by atoms with Crippen LogP contribution in [0.1, 0.15) is 39.2 Å². The van der Waals surface area contributed by atoms with Crippen molar-refractivity contribution in [2.75, 3.05) is 25.2 Å². The van der Waals surface area contributed by atoms with Crippen LogP contribution in [0.15, 0.2) is 24.3 Å². The van der Waals surface area contributed by atoms with Crippen LogP contribution in [0.4, 0.5) is 10.1 Å². The molecule has 0 aliphatic heterocycles. The van der Waals surface area contributed by atoms with E-state index >= 15 is 0 Å². The Labute approximate surface area is 99.3 Å². The van der Waals surface area contributed by atoms with E-state index in [0.717, 1.165) is 5.69 Å². The Hall–Kier alpha value is -1.05. The highest BCUT2D eigenvalue weighted by Crippen LogP contribution is 2.18. The first-order valence-corrected chi connectivity index (χ1v) is 6.02. The summed E-state index contributed by atoms with van der Waals surface area (Å²) in [7, 11) is 1.91. The van der Waals surface area contributed by atoms with E-state index in [1.165, 1.54) is 5.56 Å². The molecule has 0 spiro atoms. The van der Waals surface area contributed by atoms with Crippen LogP contribution < -0.4 is 4.90 Å². The van der Waals surface area contributed by atoms with Gasteiger partial charge in [-0.25, -0.2) is 4.39 Å². The zero-order chi connectivity index (χ0) is 12.6. The number of nitrogens with zero attached hydrogens (tertiary/aromatic N) is 1. The summed E-state index contributed by atoms with van der Waals surface area (Å²) < 4.78 is 12.1. The number of benzene rings is 1. The summed E-state index contributed by atoms with van der Waals surface area (Å²) in [6.45, 7) is 8.49. The van der Waals surface area contributed by atoms with Crippen molar-refractivity contribution in [3.8, 4) is 0 Å². The van der Waals surface area contributed by atoms with Crippen molar-refractivity contribution in [2.24, 2.45) is 0 Å². The number of alkyl halides is 1. The third-order valence-electron chi connectivity index (χ3n) is 2.42. The van der Waals surface area contributed by atoms with Gasteiger partial charge in [-0.1, -0.05) is 39.8 Å². The van der Waals surface area contributed by atoms with E-state index in [1.54, 1.807) is 0 Å². The van der Waals surface area contributed by atoms with Gasteiger partial charge in [-0.2, -0.15) is 0 Å². The Morgan fingerprint density at radius 2 is 1.62 bits per heavy atom. The minimum atomic E-state index is -0.303. The van der Waals surface area contributed by atoms with Crippen molar-refractivity contribution in [3.63, 3.8) is 0 Å². The largest absolute Gasteiger partial charge is 0.372 e. The van der Waals surface area contributed by atoms with Crippen LogP contribution >= 0.6 is 0 Å². The first-order chi connectivity index (χ1) is 7.65. The van der Waals surface area contributed by atoms with Crippen LogP contribution in [-0.2, 0) is 0 Å². The van der Waals surface area contributed by atoms with Crippen LogP contribution in [0.5, 0.6) is 0 Å². The fourth-order valence-electron chi connectivity index (χ4n) is 1.37. The molecule has 1 nitrogen and oxygen atoms in total. The molecule has 0 N–H and O–H groups in total. The van der Waals surface area contributed by atoms with Crippen LogP contribution in [0.25, 0.3) is 0 Å². The smallest absolute Gasteiger partial charge is 0.107 e. The molecule has 16 heavy (non-hydrogen) atoms.